The molecule has 0 saturated carbocycles. The molecule has 0 aliphatic heterocycles. The molecule has 0 aliphatic rings. The minimum atomic E-state index is -0.388. The number of rotatable bonds is 4. The van der Waals surface area contributed by atoms with Crippen LogP contribution in [0.3, 0.4) is 0 Å². The molecule has 0 saturated heterocycles. The van der Waals surface area contributed by atoms with E-state index in [1.54, 1.807) is 26.2 Å². The predicted molar refractivity (Wildman–Crippen MR) is 55.6 cm³/mol. The normalized spacial score (nSPS) is 10.7. The summed E-state index contributed by atoms with van der Waals surface area (Å²) in [7, 11) is 0. The summed E-state index contributed by atoms with van der Waals surface area (Å²) in [5.41, 5.74) is -0.182. The monoisotopic (exact) mass is 212 g/mol. The lowest BCUT2D eigenvalue weighted by Gasteiger charge is -2.07. The molecule has 0 amide bonds. The van der Waals surface area contributed by atoms with E-state index in [1.165, 1.54) is 9.13 Å². The molecule has 0 bridgehead atoms. The van der Waals surface area contributed by atoms with Gasteiger partial charge >= 0.3 is 11.7 Å². The Kier molecular flexibility index (Phi) is 3.71. The fourth-order valence-electron chi connectivity index (χ4n) is 1.25. The van der Waals surface area contributed by atoms with Gasteiger partial charge in [0.1, 0.15) is 6.54 Å². The number of esters is 1. The van der Waals surface area contributed by atoms with Crippen LogP contribution in [0.15, 0.2) is 17.2 Å². The van der Waals surface area contributed by atoms with Gasteiger partial charge in [-0.05, 0) is 20.8 Å². The van der Waals surface area contributed by atoms with Crippen LogP contribution >= 0.6 is 0 Å². The van der Waals surface area contributed by atoms with Crippen LogP contribution in [0, 0.1) is 0 Å². The number of imidazole rings is 1. The molecule has 0 spiro atoms. The summed E-state index contributed by atoms with van der Waals surface area (Å²) < 4.78 is 7.82. The SMILES string of the molecule is CCn1ccn(CC(=O)OC(C)C)c1=O. The molecule has 15 heavy (non-hydrogen) atoms. The van der Waals surface area contributed by atoms with Gasteiger partial charge in [0.25, 0.3) is 0 Å². The van der Waals surface area contributed by atoms with E-state index < -0.39 is 0 Å². The number of ether oxygens (including phenoxy) is 1. The molecule has 0 fully saturated rings. The van der Waals surface area contributed by atoms with Gasteiger partial charge in [-0.15, -0.1) is 0 Å². The van der Waals surface area contributed by atoms with Crippen LogP contribution < -0.4 is 5.69 Å². The van der Waals surface area contributed by atoms with Gasteiger partial charge in [-0.1, -0.05) is 0 Å². The Balaban J connectivity index is 2.69. The number of hydrogen-bond acceptors (Lipinski definition) is 3. The third-order valence-electron chi connectivity index (χ3n) is 1.93. The Morgan fingerprint density at radius 2 is 2.00 bits per heavy atom. The summed E-state index contributed by atoms with van der Waals surface area (Å²) in [6, 6.07) is 0. The van der Waals surface area contributed by atoms with Gasteiger partial charge in [0.15, 0.2) is 0 Å². The smallest absolute Gasteiger partial charge is 0.328 e. The van der Waals surface area contributed by atoms with Crippen molar-refractivity contribution in [1.29, 1.82) is 0 Å². The Labute approximate surface area is 88.3 Å². The predicted octanol–water partition coefficient (Wildman–Crippen LogP) is 0.621. The molecule has 1 aromatic heterocycles. The van der Waals surface area contributed by atoms with Crippen molar-refractivity contribution >= 4 is 5.97 Å². The van der Waals surface area contributed by atoms with Gasteiger partial charge in [0, 0.05) is 18.9 Å². The van der Waals surface area contributed by atoms with Crippen molar-refractivity contribution in [2.45, 2.75) is 40.0 Å². The van der Waals surface area contributed by atoms with E-state index in [9.17, 15) is 9.59 Å². The highest BCUT2D eigenvalue weighted by Gasteiger charge is 2.09. The maximum Gasteiger partial charge on any atom is 0.328 e. The minimum Gasteiger partial charge on any atom is -0.462 e. The molecule has 5 nitrogen and oxygen atoms in total. The van der Waals surface area contributed by atoms with Crippen LogP contribution in [0.2, 0.25) is 0 Å². The zero-order valence-electron chi connectivity index (χ0n) is 9.27. The molecule has 0 aliphatic carbocycles. The molecule has 1 aromatic rings. The van der Waals surface area contributed by atoms with Gasteiger partial charge in [-0.25, -0.2) is 4.79 Å². The second kappa shape index (κ2) is 4.82. The van der Waals surface area contributed by atoms with Crippen molar-refractivity contribution in [3.8, 4) is 0 Å². The summed E-state index contributed by atoms with van der Waals surface area (Å²) in [5.74, 6) is -0.388. The van der Waals surface area contributed by atoms with Crippen molar-refractivity contribution in [3.05, 3.63) is 22.9 Å². The molecule has 1 heterocycles. The van der Waals surface area contributed by atoms with Gasteiger partial charge in [0.2, 0.25) is 0 Å². The first-order chi connectivity index (χ1) is 7.04. The van der Waals surface area contributed by atoms with Gasteiger partial charge in [0.05, 0.1) is 6.10 Å². The fourth-order valence-corrected chi connectivity index (χ4v) is 1.25. The Morgan fingerprint density at radius 1 is 1.40 bits per heavy atom. The van der Waals surface area contributed by atoms with E-state index in [-0.39, 0.29) is 24.3 Å². The molecule has 0 radical (unpaired) electrons. The quantitative estimate of drug-likeness (QED) is 0.687. The van der Waals surface area contributed by atoms with E-state index in [1.807, 2.05) is 6.92 Å². The summed E-state index contributed by atoms with van der Waals surface area (Å²) in [6.07, 6.45) is 3.10. The number of aryl methyl sites for hydroxylation is 1. The highest BCUT2D eigenvalue weighted by atomic mass is 16.5. The zero-order valence-corrected chi connectivity index (χ0v) is 9.27. The van der Waals surface area contributed by atoms with Crippen LogP contribution in [0.1, 0.15) is 20.8 Å². The molecular formula is C10H16N2O3. The number of hydrogen-bond donors (Lipinski definition) is 0. The molecule has 0 atom stereocenters. The number of nitrogens with zero attached hydrogens (tertiary/aromatic N) is 2. The molecule has 0 aromatic carbocycles. The zero-order chi connectivity index (χ0) is 11.4. The van der Waals surface area contributed by atoms with Crippen LogP contribution in [0.4, 0.5) is 0 Å². The fraction of sp³-hybridized carbons (Fsp3) is 0.600. The minimum absolute atomic E-state index is 0.0238. The second-order valence-corrected chi connectivity index (χ2v) is 3.53. The van der Waals surface area contributed by atoms with E-state index in [0.717, 1.165) is 0 Å². The van der Waals surface area contributed by atoms with Gasteiger partial charge < -0.3 is 4.74 Å². The Bertz CT molecular complexity index is 390. The summed E-state index contributed by atoms with van der Waals surface area (Å²) >= 11 is 0. The lowest BCUT2D eigenvalue weighted by Crippen LogP contribution is -2.28. The van der Waals surface area contributed by atoms with Crippen molar-refractivity contribution in [2.24, 2.45) is 0 Å². The van der Waals surface area contributed by atoms with Crippen LogP contribution in [0.5, 0.6) is 0 Å². The highest BCUT2D eigenvalue weighted by Crippen LogP contribution is 1.92. The van der Waals surface area contributed by atoms with E-state index in [0.29, 0.717) is 6.54 Å². The van der Waals surface area contributed by atoms with Gasteiger partial charge in [-0.2, -0.15) is 0 Å². The molecule has 84 valence electrons. The number of carbonyl (C=O) groups excluding carboxylic acids is 1. The first-order valence-electron chi connectivity index (χ1n) is 4.99. The molecule has 0 N–H and O–H groups in total. The first-order valence-corrected chi connectivity index (χ1v) is 4.99. The molecule has 1 rings (SSSR count). The molecule has 0 unspecified atom stereocenters. The number of aromatic nitrogens is 2. The number of carbonyl (C=O) groups is 1. The average Bonchev–Trinajstić information content (AvgIpc) is 2.46. The van der Waals surface area contributed by atoms with E-state index in [2.05, 4.69) is 0 Å². The van der Waals surface area contributed by atoms with Crippen molar-refractivity contribution in [3.63, 3.8) is 0 Å². The van der Waals surface area contributed by atoms with Crippen LogP contribution in [0.25, 0.3) is 0 Å². The topological polar surface area (TPSA) is 53.2 Å². The average molecular weight is 212 g/mol. The maximum absolute atomic E-state index is 11.5. The Hall–Kier alpha value is -1.52. The lowest BCUT2D eigenvalue weighted by atomic mass is 10.5. The highest BCUT2D eigenvalue weighted by molar-refractivity contribution is 5.69. The third-order valence-corrected chi connectivity index (χ3v) is 1.93. The van der Waals surface area contributed by atoms with E-state index in [4.69, 9.17) is 4.74 Å². The van der Waals surface area contributed by atoms with E-state index >= 15 is 0 Å². The lowest BCUT2D eigenvalue weighted by molar-refractivity contribution is -0.148. The second-order valence-electron chi connectivity index (χ2n) is 3.53. The molecular weight excluding hydrogens is 196 g/mol. The van der Waals surface area contributed by atoms with Crippen molar-refractivity contribution in [2.75, 3.05) is 0 Å². The Morgan fingerprint density at radius 3 is 2.47 bits per heavy atom. The van der Waals surface area contributed by atoms with Crippen molar-refractivity contribution < 1.29 is 9.53 Å². The van der Waals surface area contributed by atoms with Crippen molar-refractivity contribution in [1.82, 2.24) is 9.13 Å². The third kappa shape index (κ3) is 2.97. The first kappa shape index (κ1) is 11.6. The standard InChI is InChI=1S/C10H16N2O3/c1-4-11-5-6-12(10(11)14)7-9(13)15-8(2)3/h5-6,8H,4,7H2,1-3H3. The van der Waals surface area contributed by atoms with Gasteiger partial charge in [-0.3, -0.25) is 13.9 Å². The maximum atomic E-state index is 11.5. The van der Waals surface area contributed by atoms with Crippen LogP contribution in [-0.2, 0) is 22.6 Å². The molecule has 5 heteroatoms. The largest absolute Gasteiger partial charge is 0.462 e. The summed E-state index contributed by atoms with van der Waals surface area (Å²) in [6.45, 7) is 6.00. The van der Waals surface area contributed by atoms with Crippen LogP contribution in [-0.4, -0.2) is 21.2 Å². The summed E-state index contributed by atoms with van der Waals surface area (Å²) in [4.78, 5) is 22.8. The summed E-state index contributed by atoms with van der Waals surface area (Å²) in [5, 5.41) is 0.